The molecule has 0 unspecified atom stereocenters. The van der Waals surface area contributed by atoms with Gasteiger partial charge >= 0.3 is 0 Å². The summed E-state index contributed by atoms with van der Waals surface area (Å²) in [5, 5.41) is 11.6. The Hall–Kier alpha value is -1.68. The number of hydrogen-bond donors (Lipinski definition) is 1. The normalized spacial score (nSPS) is 15.6. The first-order valence-corrected chi connectivity index (χ1v) is 8.88. The molecule has 0 aliphatic carbocycles. The molecule has 2 aromatic rings. The smallest absolute Gasteiger partial charge is 0.194 e. The van der Waals surface area contributed by atoms with Gasteiger partial charge in [-0.25, -0.2) is 0 Å². The van der Waals surface area contributed by atoms with E-state index in [9.17, 15) is 0 Å². The second kappa shape index (κ2) is 10.5. The minimum atomic E-state index is 0. The third-order valence-electron chi connectivity index (χ3n) is 4.57. The molecule has 0 atom stereocenters. The maximum Gasteiger partial charge on any atom is 0.194 e. The van der Waals surface area contributed by atoms with Gasteiger partial charge in [0.2, 0.25) is 0 Å². The third kappa shape index (κ3) is 5.41. The fraction of sp³-hybridized carbons (Fsp3) is 0.500. The van der Waals surface area contributed by atoms with Crippen LogP contribution in [0.4, 0.5) is 0 Å². The maximum absolute atomic E-state index is 4.43. The molecule has 1 aromatic heterocycles. The summed E-state index contributed by atoms with van der Waals surface area (Å²) < 4.78 is 2.04. The lowest BCUT2D eigenvalue weighted by Gasteiger charge is -2.36. The SMILES string of the molecule is CCn1cnnc1CNC(=NC)N1CCN(Cc2ccccc2)CC1.I. The predicted molar refractivity (Wildman–Crippen MR) is 115 cm³/mol. The Labute approximate surface area is 172 Å². The monoisotopic (exact) mass is 469 g/mol. The van der Waals surface area contributed by atoms with E-state index >= 15 is 0 Å². The number of rotatable bonds is 5. The summed E-state index contributed by atoms with van der Waals surface area (Å²) >= 11 is 0. The van der Waals surface area contributed by atoms with Gasteiger partial charge in [0.25, 0.3) is 0 Å². The lowest BCUT2D eigenvalue weighted by molar-refractivity contribution is 0.172. The van der Waals surface area contributed by atoms with Crippen molar-refractivity contribution < 1.29 is 0 Å². The average Bonchev–Trinajstić information content (AvgIpc) is 3.12. The molecule has 0 spiro atoms. The summed E-state index contributed by atoms with van der Waals surface area (Å²) in [6.07, 6.45) is 1.77. The molecule has 142 valence electrons. The quantitative estimate of drug-likeness (QED) is 0.411. The minimum absolute atomic E-state index is 0. The third-order valence-corrected chi connectivity index (χ3v) is 4.57. The van der Waals surface area contributed by atoms with E-state index in [0.717, 1.165) is 51.1 Å². The standard InChI is InChI=1S/C18H27N7.HI/c1-3-24-15-21-22-17(24)13-20-18(19-2)25-11-9-23(10-12-25)14-16-7-5-4-6-8-16;/h4-8,15H,3,9-14H2,1-2H3,(H,19,20);1H. The van der Waals surface area contributed by atoms with E-state index in [1.54, 1.807) is 6.33 Å². The van der Waals surface area contributed by atoms with Crippen LogP contribution in [-0.2, 0) is 19.6 Å². The number of guanidine groups is 1. The first-order chi connectivity index (χ1) is 12.3. The summed E-state index contributed by atoms with van der Waals surface area (Å²) in [7, 11) is 1.84. The summed E-state index contributed by atoms with van der Waals surface area (Å²) in [5.41, 5.74) is 1.37. The van der Waals surface area contributed by atoms with Crippen molar-refractivity contribution in [3.8, 4) is 0 Å². The van der Waals surface area contributed by atoms with Crippen LogP contribution in [0.15, 0.2) is 41.7 Å². The Kier molecular flexibility index (Phi) is 8.30. The summed E-state index contributed by atoms with van der Waals surface area (Å²) in [6, 6.07) is 10.7. The molecule has 8 heteroatoms. The Morgan fingerprint density at radius 1 is 1.15 bits per heavy atom. The molecule has 0 bridgehead atoms. The number of aryl methyl sites for hydroxylation is 1. The number of hydrogen-bond acceptors (Lipinski definition) is 4. The van der Waals surface area contributed by atoms with E-state index in [2.05, 4.69) is 67.6 Å². The van der Waals surface area contributed by atoms with E-state index < -0.39 is 0 Å². The molecule has 1 N–H and O–H groups in total. The second-order valence-electron chi connectivity index (χ2n) is 6.18. The van der Waals surface area contributed by atoms with Gasteiger partial charge in [-0.3, -0.25) is 9.89 Å². The summed E-state index contributed by atoms with van der Waals surface area (Å²) in [6.45, 7) is 8.67. The average molecular weight is 469 g/mol. The summed E-state index contributed by atoms with van der Waals surface area (Å²) in [5.74, 6) is 1.87. The molecular formula is C18H28IN7. The van der Waals surface area contributed by atoms with Gasteiger partial charge in [-0.1, -0.05) is 30.3 Å². The van der Waals surface area contributed by atoms with Crippen LogP contribution in [0.2, 0.25) is 0 Å². The zero-order chi connectivity index (χ0) is 17.5. The highest BCUT2D eigenvalue weighted by atomic mass is 127. The van der Waals surface area contributed by atoms with Crippen molar-refractivity contribution >= 4 is 29.9 Å². The highest BCUT2D eigenvalue weighted by Gasteiger charge is 2.19. The Morgan fingerprint density at radius 3 is 2.54 bits per heavy atom. The van der Waals surface area contributed by atoms with Crippen LogP contribution in [0.3, 0.4) is 0 Å². The van der Waals surface area contributed by atoms with Crippen molar-refractivity contribution in [1.82, 2.24) is 29.9 Å². The molecule has 7 nitrogen and oxygen atoms in total. The topological polar surface area (TPSA) is 61.6 Å². The molecule has 1 aliphatic heterocycles. The van der Waals surface area contributed by atoms with E-state index in [1.165, 1.54) is 5.56 Å². The number of piperazine rings is 1. The van der Waals surface area contributed by atoms with Crippen molar-refractivity contribution in [2.45, 2.75) is 26.6 Å². The molecule has 0 saturated carbocycles. The highest BCUT2D eigenvalue weighted by molar-refractivity contribution is 14.0. The number of nitrogens with zero attached hydrogens (tertiary/aromatic N) is 6. The number of halogens is 1. The van der Waals surface area contributed by atoms with Crippen molar-refractivity contribution in [1.29, 1.82) is 0 Å². The number of aromatic nitrogens is 3. The predicted octanol–water partition coefficient (Wildman–Crippen LogP) is 1.81. The van der Waals surface area contributed by atoms with Crippen molar-refractivity contribution in [2.75, 3.05) is 33.2 Å². The van der Waals surface area contributed by atoms with Gasteiger partial charge in [0.05, 0.1) is 6.54 Å². The molecule has 1 saturated heterocycles. The largest absolute Gasteiger partial charge is 0.349 e. The van der Waals surface area contributed by atoms with E-state index in [1.807, 2.05) is 11.6 Å². The van der Waals surface area contributed by atoms with Gasteiger partial charge in [-0.05, 0) is 12.5 Å². The van der Waals surface area contributed by atoms with E-state index in [0.29, 0.717) is 6.54 Å². The lowest BCUT2D eigenvalue weighted by atomic mass is 10.2. The van der Waals surface area contributed by atoms with E-state index in [4.69, 9.17) is 0 Å². The van der Waals surface area contributed by atoms with Crippen LogP contribution in [0.1, 0.15) is 18.3 Å². The van der Waals surface area contributed by atoms with Crippen molar-refractivity contribution in [3.05, 3.63) is 48.0 Å². The van der Waals surface area contributed by atoms with Crippen LogP contribution in [0, 0.1) is 0 Å². The fourth-order valence-corrected chi connectivity index (χ4v) is 3.13. The van der Waals surface area contributed by atoms with Crippen LogP contribution < -0.4 is 5.32 Å². The van der Waals surface area contributed by atoms with Gasteiger partial charge < -0.3 is 14.8 Å². The zero-order valence-corrected chi connectivity index (χ0v) is 17.8. The zero-order valence-electron chi connectivity index (χ0n) is 15.5. The second-order valence-corrected chi connectivity index (χ2v) is 6.18. The van der Waals surface area contributed by atoms with Crippen LogP contribution in [0.5, 0.6) is 0 Å². The Bertz CT molecular complexity index is 678. The molecule has 1 aromatic carbocycles. The molecule has 26 heavy (non-hydrogen) atoms. The van der Waals surface area contributed by atoms with E-state index in [-0.39, 0.29) is 24.0 Å². The molecule has 1 fully saturated rings. The Morgan fingerprint density at radius 2 is 1.88 bits per heavy atom. The maximum atomic E-state index is 4.43. The first-order valence-electron chi connectivity index (χ1n) is 8.88. The van der Waals surface area contributed by atoms with Gasteiger partial charge in [0, 0.05) is 46.3 Å². The van der Waals surface area contributed by atoms with Gasteiger partial charge in [0.15, 0.2) is 11.8 Å². The van der Waals surface area contributed by atoms with Gasteiger partial charge in [0.1, 0.15) is 6.33 Å². The molecule has 3 rings (SSSR count). The highest BCUT2D eigenvalue weighted by Crippen LogP contribution is 2.08. The van der Waals surface area contributed by atoms with Gasteiger partial charge in [-0.2, -0.15) is 0 Å². The van der Waals surface area contributed by atoms with Crippen molar-refractivity contribution in [3.63, 3.8) is 0 Å². The first kappa shape index (κ1) is 20.6. The molecule has 0 radical (unpaired) electrons. The lowest BCUT2D eigenvalue weighted by Crippen LogP contribution is -2.52. The number of benzene rings is 1. The summed E-state index contributed by atoms with van der Waals surface area (Å²) in [4.78, 5) is 9.24. The van der Waals surface area contributed by atoms with Crippen molar-refractivity contribution in [2.24, 2.45) is 4.99 Å². The van der Waals surface area contributed by atoms with Crippen LogP contribution >= 0.6 is 24.0 Å². The Balaban J connectivity index is 0.00000243. The number of nitrogens with one attached hydrogen (secondary N) is 1. The van der Waals surface area contributed by atoms with Crippen LogP contribution in [-0.4, -0.2) is 63.8 Å². The minimum Gasteiger partial charge on any atom is -0.349 e. The van der Waals surface area contributed by atoms with Crippen LogP contribution in [0.25, 0.3) is 0 Å². The van der Waals surface area contributed by atoms with Gasteiger partial charge in [-0.15, -0.1) is 34.2 Å². The molecule has 0 amide bonds. The molecule has 2 heterocycles. The number of aliphatic imine (C=N–C) groups is 1. The molecular weight excluding hydrogens is 441 g/mol. The fourth-order valence-electron chi connectivity index (χ4n) is 3.13. The molecule has 1 aliphatic rings.